The van der Waals surface area contributed by atoms with Gasteiger partial charge in [-0.15, -0.1) is 0 Å². The van der Waals surface area contributed by atoms with Gasteiger partial charge in [0.15, 0.2) is 0 Å². The number of sulfonamides is 1. The Hall–Kier alpha value is -1.86. The highest BCUT2D eigenvalue weighted by atomic mass is 79.9. The summed E-state index contributed by atoms with van der Waals surface area (Å²) in [4.78, 5) is 2.45. The van der Waals surface area contributed by atoms with Crippen molar-refractivity contribution in [1.29, 1.82) is 0 Å². The van der Waals surface area contributed by atoms with Crippen LogP contribution in [0.3, 0.4) is 0 Å². The minimum atomic E-state index is -3.69. The van der Waals surface area contributed by atoms with Crippen LogP contribution in [0.4, 0.5) is 0 Å². The SMILES string of the molecule is CC/C(=N\NS(=O)(=O)c1ccc(Br)cc1)c1ccc(OC)cc1. The van der Waals surface area contributed by atoms with Crippen LogP contribution in [0.15, 0.2) is 63.0 Å². The fourth-order valence-corrected chi connectivity index (χ4v) is 3.01. The van der Waals surface area contributed by atoms with Gasteiger partial charge in [-0.25, -0.2) is 0 Å². The summed E-state index contributed by atoms with van der Waals surface area (Å²) in [5.74, 6) is 0.736. The van der Waals surface area contributed by atoms with Gasteiger partial charge in [0.1, 0.15) is 5.75 Å². The molecule has 2 aromatic carbocycles. The summed E-state index contributed by atoms with van der Waals surface area (Å²) in [6.07, 6.45) is 0.592. The number of hydrogen-bond donors (Lipinski definition) is 1. The van der Waals surface area contributed by atoms with Gasteiger partial charge >= 0.3 is 0 Å². The zero-order valence-electron chi connectivity index (χ0n) is 12.8. The van der Waals surface area contributed by atoms with Gasteiger partial charge in [-0.2, -0.15) is 18.4 Å². The zero-order valence-corrected chi connectivity index (χ0v) is 15.2. The van der Waals surface area contributed by atoms with E-state index >= 15 is 0 Å². The van der Waals surface area contributed by atoms with Crippen LogP contribution in [-0.2, 0) is 10.0 Å². The third kappa shape index (κ3) is 4.56. The van der Waals surface area contributed by atoms with Crippen molar-refractivity contribution in [2.75, 3.05) is 7.11 Å². The van der Waals surface area contributed by atoms with E-state index in [2.05, 4.69) is 25.9 Å². The Kier molecular flexibility index (Phi) is 5.79. The first kappa shape index (κ1) is 17.5. The lowest BCUT2D eigenvalue weighted by Gasteiger charge is -2.08. The van der Waals surface area contributed by atoms with E-state index < -0.39 is 10.0 Å². The molecule has 23 heavy (non-hydrogen) atoms. The molecule has 2 rings (SSSR count). The average molecular weight is 397 g/mol. The van der Waals surface area contributed by atoms with Crippen LogP contribution >= 0.6 is 15.9 Å². The maximum absolute atomic E-state index is 12.2. The standard InChI is InChI=1S/C16H17BrN2O3S/c1-3-16(12-4-8-14(22-2)9-5-12)18-19-23(20,21)15-10-6-13(17)7-11-15/h4-11,19H,3H2,1-2H3/b18-16+. The number of benzene rings is 2. The topological polar surface area (TPSA) is 67.8 Å². The van der Waals surface area contributed by atoms with E-state index in [1.54, 1.807) is 19.2 Å². The van der Waals surface area contributed by atoms with Gasteiger partial charge in [0.05, 0.1) is 17.7 Å². The van der Waals surface area contributed by atoms with Gasteiger partial charge in [0.25, 0.3) is 10.0 Å². The van der Waals surface area contributed by atoms with Crippen molar-refractivity contribution in [1.82, 2.24) is 4.83 Å². The molecule has 0 aliphatic rings. The summed E-state index contributed by atoms with van der Waals surface area (Å²) in [5, 5.41) is 4.06. The summed E-state index contributed by atoms with van der Waals surface area (Å²) in [7, 11) is -2.09. The molecule has 0 spiro atoms. The van der Waals surface area contributed by atoms with Gasteiger partial charge in [-0.1, -0.05) is 22.9 Å². The Labute approximate surface area is 144 Å². The number of hydrogen-bond acceptors (Lipinski definition) is 4. The summed E-state index contributed by atoms with van der Waals surface area (Å²) in [5.41, 5.74) is 1.49. The summed E-state index contributed by atoms with van der Waals surface area (Å²) >= 11 is 3.27. The highest BCUT2D eigenvalue weighted by Gasteiger charge is 2.13. The summed E-state index contributed by atoms with van der Waals surface area (Å²) < 4.78 is 30.4. The molecule has 122 valence electrons. The molecule has 0 heterocycles. The number of hydrazone groups is 1. The van der Waals surface area contributed by atoms with Crippen molar-refractivity contribution >= 4 is 31.7 Å². The van der Waals surface area contributed by atoms with Crippen LogP contribution in [-0.4, -0.2) is 21.2 Å². The highest BCUT2D eigenvalue weighted by molar-refractivity contribution is 9.10. The highest BCUT2D eigenvalue weighted by Crippen LogP contribution is 2.16. The molecule has 0 aliphatic carbocycles. The van der Waals surface area contributed by atoms with Crippen molar-refractivity contribution in [2.45, 2.75) is 18.2 Å². The fraction of sp³-hybridized carbons (Fsp3) is 0.188. The number of methoxy groups -OCH3 is 1. The predicted molar refractivity (Wildman–Crippen MR) is 94.3 cm³/mol. The number of ether oxygens (including phenoxy) is 1. The lowest BCUT2D eigenvalue weighted by Crippen LogP contribution is -2.20. The first-order chi connectivity index (χ1) is 11.0. The third-order valence-electron chi connectivity index (χ3n) is 3.18. The van der Waals surface area contributed by atoms with Gasteiger partial charge in [-0.05, 0) is 60.5 Å². The molecule has 0 atom stereocenters. The number of rotatable bonds is 6. The van der Waals surface area contributed by atoms with Crippen molar-refractivity contribution in [2.24, 2.45) is 5.10 Å². The minimum absolute atomic E-state index is 0.162. The molecule has 7 heteroatoms. The molecule has 0 unspecified atom stereocenters. The largest absolute Gasteiger partial charge is 0.497 e. The summed E-state index contributed by atoms with van der Waals surface area (Å²) in [6, 6.07) is 13.7. The molecular weight excluding hydrogens is 380 g/mol. The summed E-state index contributed by atoms with van der Waals surface area (Å²) in [6.45, 7) is 1.91. The van der Waals surface area contributed by atoms with E-state index in [0.717, 1.165) is 15.8 Å². The molecule has 0 fully saturated rings. The Morgan fingerprint density at radius 1 is 1.13 bits per heavy atom. The van der Waals surface area contributed by atoms with Crippen LogP contribution in [0, 0.1) is 0 Å². The van der Waals surface area contributed by atoms with Crippen LogP contribution < -0.4 is 9.57 Å². The van der Waals surface area contributed by atoms with Crippen molar-refractivity contribution in [3.8, 4) is 5.75 Å². The van der Waals surface area contributed by atoms with Crippen molar-refractivity contribution in [3.63, 3.8) is 0 Å². The maximum Gasteiger partial charge on any atom is 0.276 e. The zero-order chi connectivity index (χ0) is 16.9. The predicted octanol–water partition coefficient (Wildman–Crippen LogP) is 3.55. The van der Waals surface area contributed by atoms with E-state index in [0.29, 0.717) is 12.1 Å². The molecule has 0 aromatic heterocycles. The molecule has 0 radical (unpaired) electrons. The van der Waals surface area contributed by atoms with Crippen LogP contribution in [0.2, 0.25) is 0 Å². The lowest BCUT2D eigenvalue weighted by molar-refractivity contribution is 0.415. The number of nitrogens with one attached hydrogen (secondary N) is 1. The first-order valence-corrected chi connectivity index (χ1v) is 9.22. The van der Waals surface area contributed by atoms with Crippen LogP contribution in [0.5, 0.6) is 5.75 Å². The normalized spacial score (nSPS) is 12.0. The van der Waals surface area contributed by atoms with Gasteiger partial charge in [-0.3, -0.25) is 0 Å². The number of halogens is 1. The molecule has 2 aromatic rings. The second-order valence-electron chi connectivity index (χ2n) is 4.69. The molecule has 0 bridgehead atoms. The monoisotopic (exact) mass is 396 g/mol. The van der Waals surface area contributed by atoms with Crippen molar-refractivity contribution in [3.05, 3.63) is 58.6 Å². The average Bonchev–Trinajstić information content (AvgIpc) is 2.56. The molecule has 0 saturated carbocycles. The minimum Gasteiger partial charge on any atom is -0.497 e. The van der Waals surface area contributed by atoms with E-state index in [9.17, 15) is 8.42 Å². The van der Waals surface area contributed by atoms with Crippen LogP contribution in [0.25, 0.3) is 0 Å². The van der Waals surface area contributed by atoms with E-state index in [1.165, 1.54) is 12.1 Å². The fourth-order valence-electron chi connectivity index (χ4n) is 1.91. The third-order valence-corrected chi connectivity index (χ3v) is 4.94. The maximum atomic E-state index is 12.2. The van der Waals surface area contributed by atoms with E-state index in [-0.39, 0.29) is 4.90 Å². The van der Waals surface area contributed by atoms with Crippen molar-refractivity contribution < 1.29 is 13.2 Å². The quantitative estimate of drug-likeness (QED) is 0.599. The first-order valence-electron chi connectivity index (χ1n) is 6.94. The smallest absolute Gasteiger partial charge is 0.276 e. The second-order valence-corrected chi connectivity index (χ2v) is 7.27. The molecule has 0 aliphatic heterocycles. The number of nitrogens with zero attached hydrogens (tertiary/aromatic N) is 1. The Balaban J connectivity index is 2.22. The Bertz CT molecular complexity index is 785. The molecule has 0 saturated heterocycles. The van der Waals surface area contributed by atoms with Crippen LogP contribution in [0.1, 0.15) is 18.9 Å². The Morgan fingerprint density at radius 3 is 2.26 bits per heavy atom. The van der Waals surface area contributed by atoms with Gasteiger partial charge in [0.2, 0.25) is 0 Å². The van der Waals surface area contributed by atoms with E-state index in [1.807, 2.05) is 31.2 Å². The van der Waals surface area contributed by atoms with Gasteiger partial charge < -0.3 is 4.74 Å². The molecule has 5 nitrogen and oxygen atoms in total. The Morgan fingerprint density at radius 2 is 1.74 bits per heavy atom. The van der Waals surface area contributed by atoms with Gasteiger partial charge in [0, 0.05) is 4.47 Å². The lowest BCUT2D eigenvalue weighted by atomic mass is 10.1. The molecule has 1 N–H and O–H groups in total. The molecule has 0 amide bonds. The molecular formula is C16H17BrN2O3S. The second kappa shape index (κ2) is 7.61. The van der Waals surface area contributed by atoms with E-state index in [4.69, 9.17) is 4.74 Å².